The molecule has 0 unspecified atom stereocenters. The summed E-state index contributed by atoms with van der Waals surface area (Å²) in [6, 6.07) is 6.00. The van der Waals surface area contributed by atoms with Crippen molar-refractivity contribution in [1.82, 2.24) is 5.32 Å². The number of allylic oxidation sites excluding steroid dienone is 1. The van der Waals surface area contributed by atoms with Gasteiger partial charge in [0.25, 0.3) is 0 Å². The van der Waals surface area contributed by atoms with Gasteiger partial charge in [0.15, 0.2) is 0 Å². The second-order valence-electron chi connectivity index (χ2n) is 4.10. The maximum atomic E-state index is 11.3. The largest absolute Gasteiger partial charge is 0.496 e. The number of benzene rings is 1. The summed E-state index contributed by atoms with van der Waals surface area (Å²) in [5.74, 6) is 1.00. The van der Waals surface area contributed by atoms with Gasteiger partial charge >= 0.3 is 0 Å². The molecule has 1 aromatic rings. The molecule has 0 aromatic heterocycles. The normalized spacial score (nSPS) is 13.6. The molecule has 1 aliphatic carbocycles. The quantitative estimate of drug-likeness (QED) is 0.868. The van der Waals surface area contributed by atoms with Crippen LogP contribution in [-0.4, -0.2) is 13.0 Å². The van der Waals surface area contributed by atoms with Gasteiger partial charge in [-0.2, -0.15) is 0 Å². The summed E-state index contributed by atoms with van der Waals surface area (Å²) in [4.78, 5) is 11.3. The van der Waals surface area contributed by atoms with Crippen molar-refractivity contribution in [3.63, 3.8) is 0 Å². The van der Waals surface area contributed by atoms with Crippen LogP contribution in [0.15, 0.2) is 23.9 Å². The number of ether oxygens (including phenoxy) is 1. The number of carbonyl (C=O) groups is 1. The molecule has 1 aromatic carbocycles. The number of rotatable bonds is 3. The van der Waals surface area contributed by atoms with Gasteiger partial charge in [-0.15, -0.1) is 0 Å². The fourth-order valence-electron chi connectivity index (χ4n) is 2.06. The first-order chi connectivity index (χ1) is 8.24. The summed E-state index contributed by atoms with van der Waals surface area (Å²) in [6.07, 6.45) is 4.32. The van der Waals surface area contributed by atoms with Crippen LogP contribution in [-0.2, 0) is 11.2 Å². The number of methoxy groups -OCH3 is 1. The van der Waals surface area contributed by atoms with Crippen LogP contribution in [0.5, 0.6) is 5.75 Å². The highest BCUT2D eigenvalue weighted by atomic mass is 16.5. The van der Waals surface area contributed by atoms with Crippen molar-refractivity contribution in [2.24, 2.45) is 0 Å². The van der Waals surface area contributed by atoms with E-state index in [1.54, 1.807) is 7.11 Å². The molecule has 0 aliphatic heterocycles. The summed E-state index contributed by atoms with van der Waals surface area (Å²) in [6.45, 7) is 1.86. The smallest absolute Gasteiger partial charge is 0.223 e. The molecule has 1 aliphatic rings. The molecule has 1 N–H and O–H groups in total. The Hall–Kier alpha value is -1.77. The van der Waals surface area contributed by atoms with Gasteiger partial charge in [0, 0.05) is 17.7 Å². The van der Waals surface area contributed by atoms with Crippen LogP contribution in [0.2, 0.25) is 0 Å². The molecule has 0 saturated carbocycles. The standard InChI is InChI=1S/C14H17NO2/c1-3-14(16)15-11-7-8-12-10(9-11)5-4-6-13(12)17-2/h4-6,9H,3,7-8H2,1-2H3,(H,15,16). The molecule has 17 heavy (non-hydrogen) atoms. The molecule has 0 saturated heterocycles. The van der Waals surface area contributed by atoms with Crippen LogP contribution in [0.3, 0.4) is 0 Å². The van der Waals surface area contributed by atoms with E-state index in [1.165, 1.54) is 5.56 Å². The predicted octanol–water partition coefficient (Wildman–Crippen LogP) is 2.51. The number of carbonyl (C=O) groups excluding carboxylic acids is 1. The van der Waals surface area contributed by atoms with Gasteiger partial charge in [0.1, 0.15) is 5.75 Å². The number of amides is 1. The minimum Gasteiger partial charge on any atom is -0.496 e. The topological polar surface area (TPSA) is 38.3 Å². The van der Waals surface area contributed by atoms with Crippen LogP contribution in [0.25, 0.3) is 6.08 Å². The van der Waals surface area contributed by atoms with E-state index in [9.17, 15) is 4.79 Å². The molecule has 0 atom stereocenters. The van der Waals surface area contributed by atoms with E-state index in [0.29, 0.717) is 6.42 Å². The molecule has 0 radical (unpaired) electrons. The van der Waals surface area contributed by atoms with Gasteiger partial charge in [0.2, 0.25) is 5.91 Å². The van der Waals surface area contributed by atoms with Gasteiger partial charge in [0.05, 0.1) is 7.11 Å². The third-order valence-corrected chi connectivity index (χ3v) is 2.98. The third-order valence-electron chi connectivity index (χ3n) is 2.98. The van der Waals surface area contributed by atoms with E-state index < -0.39 is 0 Å². The average molecular weight is 231 g/mol. The molecule has 1 amide bonds. The highest BCUT2D eigenvalue weighted by Gasteiger charge is 2.15. The average Bonchev–Trinajstić information content (AvgIpc) is 2.37. The molecule has 0 spiro atoms. The Balaban J connectivity index is 2.26. The molecule has 2 rings (SSSR count). The summed E-state index contributed by atoms with van der Waals surface area (Å²) in [7, 11) is 1.69. The molecule has 0 fully saturated rings. The lowest BCUT2D eigenvalue weighted by Gasteiger charge is -2.19. The molecule has 3 nitrogen and oxygen atoms in total. The van der Waals surface area contributed by atoms with E-state index in [-0.39, 0.29) is 5.91 Å². The van der Waals surface area contributed by atoms with E-state index in [0.717, 1.165) is 29.9 Å². The molecule has 90 valence electrons. The van der Waals surface area contributed by atoms with Gasteiger partial charge in [-0.25, -0.2) is 0 Å². The number of nitrogens with one attached hydrogen (secondary N) is 1. The maximum absolute atomic E-state index is 11.3. The van der Waals surface area contributed by atoms with Crippen molar-refractivity contribution in [2.45, 2.75) is 26.2 Å². The van der Waals surface area contributed by atoms with Crippen molar-refractivity contribution >= 4 is 12.0 Å². The Morgan fingerprint density at radius 1 is 1.41 bits per heavy atom. The lowest BCUT2D eigenvalue weighted by molar-refractivity contribution is -0.120. The third kappa shape index (κ3) is 2.49. The Kier molecular flexibility index (Phi) is 3.47. The Labute approximate surface area is 101 Å². The minimum absolute atomic E-state index is 0.0718. The van der Waals surface area contributed by atoms with E-state index in [1.807, 2.05) is 25.1 Å². The SMILES string of the molecule is CCC(=O)NC1=Cc2cccc(OC)c2CC1. The second kappa shape index (κ2) is 5.04. The molecular formula is C14H17NO2. The zero-order valence-electron chi connectivity index (χ0n) is 10.2. The summed E-state index contributed by atoms with van der Waals surface area (Å²) in [5, 5.41) is 2.93. The lowest BCUT2D eigenvalue weighted by atomic mass is 9.94. The van der Waals surface area contributed by atoms with Crippen molar-refractivity contribution in [2.75, 3.05) is 7.11 Å². The van der Waals surface area contributed by atoms with Crippen molar-refractivity contribution in [3.05, 3.63) is 35.0 Å². The first-order valence-corrected chi connectivity index (χ1v) is 5.91. The van der Waals surface area contributed by atoms with E-state index >= 15 is 0 Å². The predicted molar refractivity (Wildman–Crippen MR) is 67.7 cm³/mol. The van der Waals surface area contributed by atoms with Gasteiger partial charge < -0.3 is 10.1 Å². The van der Waals surface area contributed by atoms with Crippen LogP contribution in [0.4, 0.5) is 0 Å². The maximum Gasteiger partial charge on any atom is 0.223 e. The van der Waals surface area contributed by atoms with Crippen molar-refractivity contribution in [3.8, 4) is 5.75 Å². The fraction of sp³-hybridized carbons (Fsp3) is 0.357. The van der Waals surface area contributed by atoms with Crippen molar-refractivity contribution in [1.29, 1.82) is 0 Å². The van der Waals surface area contributed by atoms with Crippen LogP contribution >= 0.6 is 0 Å². The number of hydrogen-bond donors (Lipinski definition) is 1. The summed E-state index contributed by atoms with van der Waals surface area (Å²) < 4.78 is 5.33. The number of hydrogen-bond acceptors (Lipinski definition) is 2. The molecule has 0 bridgehead atoms. The molecule has 0 heterocycles. The second-order valence-corrected chi connectivity index (χ2v) is 4.10. The number of fused-ring (bicyclic) bond motifs is 1. The first-order valence-electron chi connectivity index (χ1n) is 5.91. The Morgan fingerprint density at radius 2 is 2.24 bits per heavy atom. The zero-order chi connectivity index (χ0) is 12.3. The van der Waals surface area contributed by atoms with Gasteiger partial charge in [-0.1, -0.05) is 19.1 Å². The van der Waals surface area contributed by atoms with Crippen LogP contribution in [0.1, 0.15) is 30.9 Å². The van der Waals surface area contributed by atoms with Gasteiger partial charge in [-0.3, -0.25) is 4.79 Å². The summed E-state index contributed by atoms with van der Waals surface area (Å²) >= 11 is 0. The monoisotopic (exact) mass is 231 g/mol. The Bertz CT molecular complexity index is 463. The van der Waals surface area contributed by atoms with E-state index in [4.69, 9.17) is 4.74 Å². The van der Waals surface area contributed by atoms with E-state index in [2.05, 4.69) is 11.4 Å². The van der Waals surface area contributed by atoms with Crippen molar-refractivity contribution < 1.29 is 9.53 Å². The highest BCUT2D eigenvalue weighted by molar-refractivity contribution is 5.79. The minimum atomic E-state index is 0.0718. The van der Waals surface area contributed by atoms with Crippen LogP contribution in [0, 0.1) is 0 Å². The zero-order valence-corrected chi connectivity index (χ0v) is 10.2. The summed E-state index contributed by atoms with van der Waals surface area (Å²) in [5.41, 5.74) is 3.36. The fourth-order valence-corrected chi connectivity index (χ4v) is 2.06. The molecule has 3 heteroatoms. The highest BCUT2D eigenvalue weighted by Crippen LogP contribution is 2.30. The van der Waals surface area contributed by atoms with Gasteiger partial charge in [-0.05, 0) is 30.5 Å². The Morgan fingerprint density at radius 3 is 2.94 bits per heavy atom. The molecular weight excluding hydrogens is 214 g/mol. The lowest BCUT2D eigenvalue weighted by Crippen LogP contribution is -2.23. The van der Waals surface area contributed by atoms with Crippen LogP contribution < -0.4 is 10.1 Å². The first kappa shape index (κ1) is 11.7.